The van der Waals surface area contributed by atoms with Gasteiger partial charge < -0.3 is 19.1 Å². The first-order valence-electron chi connectivity index (χ1n) is 12.8. The molecule has 3 aromatic heterocycles. The van der Waals surface area contributed by atoms with Crippen molar-refractivity contribution in [1.82, 2.24) is 19.4 Å². The van der Waals surface area contributed by atoms with Crippen LogP contribution in [0.15, 0.2) is 42.5 Å². The number of thiophene rings is 1. The standard InChI is InChI=1S/C28H25ClF2N4O4S/c29-18-2-1-17(21(31)11-18)15-39-26-20(30)3-4-22(33-26)16-5-8-34(9-6-16)14-25-32-23-12-24(28(36)37)40-27(23)35(25)13-19-7-10-38-19/h1-5,11-12,19H,6-10,13-15H2,(H,36,37). The molecule has 1 aromatic carbocycles. The molecule has 0 amide bonds. The molecule has 1 atom stereocenters. The van der Waals surface area contributed by atoms with Gasteiger partial charge in [-0.05, 0) is 48.7 Å². The first-order chi connectivity index (χ1) is 19.3. The Morgan fingerprint density at radius 3 is 2.75 bits per heavy atom. The smallest absolute Gasteiger partial charge is 0.346 e. The highest BCUT2D eigenvalue weighted by Gasteiger charge is 2.25. The second kappa shape index (κ2) is 11.2. The SMILES string of the molecule is O=C(O)c1cc2nc(CN3CC=C(c4ccc(F)c(OCc5ccc(Cl)cc5F)n4)CC3)n(CC3CCO3)c2s1. The van der Waals surface area contributed by atoms with Crippen LogP contribution in [0.1, 0.15) is 39.6 Å². The number of pyridine rings is 1. The van der Waals surface area contributed by atoms with E-state index < -0.39 is 17.6 Å². The zero-order chi connectivity index (χ0) is 27.8. The van der Waals surface area contributed by atoms with E-state index in [2.05, 4.69) is 20.5 Å². The average Bonchev–Trinajstić information content (AvgIpc) is 3.45. The van der Waals surface area contributed by atoms with Gasteiger partial charge in [0.2, 0.25) is 0 Å². The molecule has 1 saturated heterocycles. The summed E-state index contributed by atoms with van der Waals surface area (Å²) in [4.78, 5) is 24.0. The predicted molar refractivity (Wildman–Crippen MR) is 147 cm³/mol. The van der Waals surface area contributed by atoms with E-state index in [-0.39, 0.29) is 34.1 Å². The molecule has 4 aromatic rings. The summed E-state index contributed by atoms with van der Waals surface area (Å²) in [7, 11) is 0. The maximum absolute atomic E-state index is 14.4. The van der Waals surface area contributed by atoms with Gasteiger partial charge in [0.05, 0.1) is 24.9 Å². The second-order valence-corrected chi connectivity index (χ2v) is 11.2. The molecule has 1 fully saturated rings. The van der Waals surface area contributed by atoms with E-state index in [1.54, 1.807) is 18.2 Å². The summed E-state index contributed by atoms with van der Waals surface area (Å²) in [6.45, 7) is 3.18. The van der Waals surface area contributed by atoms with Crippen LogP contribution in [0.3, 0.4) is 0 Å². The van der Waals surface area contributed by atoms with Crippen LogP contribution < -0.4 is 4.74 Å². The number of benzene rings is 1. The zero-order valence-electron chi connectivity index (χ0n) is 21.3. The van der Waals surface area contributed by atoms with E-state index >= 15 is 0 Å². The van der Waals surface area contributed by atoms with Crippen molar-refractivity contribution in [3.8, 4) is 5.88 Å². The van der Waals surface area contributed by atoms with Gasteiger partial charge >= 0.3 is 5.97 Å². The van der Waals surface area contributed by atoms with Gasteiger partial charge in [-0.2, -0.15) is 0 Å². The Kier molecular flexibility index (Phi) is 7.54. The van der Waals surface area contributed by atoms with Crippen LogP contribution in [0.2, 0.25) is 5.02 Å². The number of hydrogen-bond acceptors (Lipinski definition) is 7. The summed E-state index contributed by atoms with van der Waals surface area (Å²) in [5.74, 6) is -1.41. The molecule has 0 spiro atoms. The van der Waals surface area contributed by atoms with Crippen LogP contribution in [0.25, 0.3) is 15.9 Å². The number of nitrogens with zero attached hydrogens (tertiary/aromatic N) is 4. The Hall–Kier alpha value is -3.38. The van der Waals surface area contributed by atoms with Crippen LogP contribution in [0, 0.1) is 11.6 Å². The molecule has 2 aliphatic heterocycles. The van der Waals surface area contributed by atoms with Crippen molar-refractivity contribution in [2.45, 2.75) is 38.6 Å². The van der Waals surface area contributed by atoms with Gasteiger partial charge in [-0.15, -0.1) is 11.3 Å². The maximum atomic E-state index is 14.4. The molecule has 2 aliphatic rings. The van der Waals surface area contributed by atoms with Crippen LogP contribution in [-0.2, 0) is 24.4 Å². The highest BCUT2D eigenvalue weighted by Crippen LogP contribution is 2.30. The molecule has 0 aliphatic carbocycles. The summed E-state index contributed by atoms with van der Waals surface area (Å²) in [5, 5.41) is 9.67. The third-order valence-corrected chi connectivity index (χ3v) is 8.44. The van der Waals surface area contributed by atoms with Gasteiger partial charge in [-0.3, -0.25) is 4.90 Å². The lowest BCUT2D eigenvalue weighted by molar-refractivity contribution is -0.0591. The fourth-order valence-corrected chi connectivity index (χ4v) is 5.91. The molecule has 1 N–H and O–H groups in total. The summed E-state index contributed by atoms with van der Waals surface area (Å²) in [6, 6.07) is 8.78. The van der Waals surface area contributed by atoms with Crippen LogP contribution in [-0.4, -0.2) is 56.3 Å². The van der Waals surface area contributed by atoms with E-state index in [1.165, 1.54) is 29.5 Å². The number of carboxylic acid groups (broad SMARTS) is 1. The van der Waals surface area contributed by atoms with Gasteiger partial charge in [0, 0.05) is 30.3 Å². The van der Waals surface area contributed by atoms with E-state index in [0.29, 0.717) is 37.3 Å². The minimum atomic E-state index is -0.954. The number of hydrogen-bond donors (Lipinski definition) is 1. The quantitative estimate of drug-likeness (QED) is 0.266. The van der Waals surface area contributed by atoms with E-state index in [9.17, 15) is 18.7 Å². The molecular formula is C28H25ClF2N4O4S. The average molecular weight is 587 g/mol. The summed E-state index contributed by atoms with van der Waals surface area (Å²) in [6.07, 6.45) is 3.82. The largest absolute Gasteiger partial charge is 0.477 e. The fraction of sp³-hybridized carbons (Fsp3) is 0.321. The van der Waals surface area contributed by atoms with Crippen molar-refractivity contribution in [2.24, 2.45) is 0 Å². The van der Waals surface area contributed by atoms with Gasteiger partial charge in [0.25, 0.3) is 5.88 Å². The van der Waals surface area contributed by atoms with Crippen molar-refractivity contribution in [3.05, 3.63) is 81.1 Å². The fourth-order valence-electron chi connectivity index (χ4n) is 4.78. The van der Waals surface area contributed by atoms with Crippen molar-refractivity contribution in [3.63, 3.8) is 0 Å². The molecule has 0 radical (unpaired) electrons. The number of carboxylic acids is 1. The van der Waals surface area contributed by atoms with Gasteiger partial charge in [-0.1, -0.05) is 23.7 Å². The molecule has 40 heavy (non-hydrogen) atoms. The maximum Gasteiger partial charge on any atom is 0.346 e. The van der Waals surface area contributed by atoms with Gasteiger partial charge in [0.15, 0.2) is 5.82 Å². The zero-order valence-corrected chi connectivity index (χ0v) is 22.9. The number of carbonyl (C=O) groups is 1. The lowest BCUT2D eigenvalue weighted by Gasteiger charge is -2.29. The molecule has 6 rings (SSSR count). The Balaban J connectivity index is 1.15. The third kappa shape index (κ3) is 5.60. The molecule has 1 unspecified atom stereocenters. The van der Waals surface area contributed by atoms with Crippen molar-refractivity contribution in [2.75, 3.05) is 19.7 Å². The number of aromatic carboxylic acids is 1. The lowest BCUT2D eigenvalue weighted by atomic mass is 10.0. The molecular weight excluding hydrogens is 562 g/mol. The van der Waals surface area contributed by atoms with E-state index in [4.69, 9.17) is 26.1 Å². The van der Waals surface area contributed by atoms with Crippen LogP contribution in [0.4, 0.5) is 8.78 Å². The van der Waals surface area contributed by atoms with Gasteiger partial charge in [-0.25, -0.2) is 23.5 Å². The number of imidazole rings is 1. The summed E-state index contributed by atoms with van der Waals surface area (Å²) < 4.78 is 41.7. The lowest BCUT2D eigenvalue weighted by Crippen LogP contribution is -2.33. The second-order valence-electron chi connectivity index (χ2n) is 9.75. The van der Waals surface area contributed by atoms with E-state index in [0.717, 1.165) is 35.8 Å². The molecule has 0 saturated carbocycles. The number of ether oxygens (including phenoxy) is 2. The van der Waals surface area contributed by atoms with Crippen LogP contribution in [0.5, 0.6) is 5.88 Å². The van der Waals surface area contributed by atoms with Crippen molar-refractivity contribution in [1.29, 1.82) is 0 Å². The highest BCUT2D eigenvalue weighted by atomic mass is 35.5. The van der Waals surface area contributed by atoms with Crippen molar-refractivity contribution >= 4 is 44.8 Å². The minimum Gasteiger partial charge on any atom is -0.477 e. The Morgan fingerprint density at radius 2 is 2.05 bits per heavy atom. The molecule has 12 heteroatoms. The minimum absolute atomic E-state index is 0.108. The number of fused-ring (bicyclic) bond motifs is 1. The predicted octanol–water partition coefficient (Wildman–Crippen LogP) is 5.78. The molecule has 0 bridgehead atoms. The number of aromatic nitrogens is 3. The normalized spacial score (nSPS) is 17.6. The first-order valence-corrected chi connectivity index (χ1v) is 14.0. The molecule has 208 valence electrons. The van der Waals surface area contributed by atoms with Gasteiger partial charge in [0.1, 0.15) is 33.5 Å². The highest BCUT2D eigenvalue weighted by molar-refractivity contribution is 7.20. The topological polar surface area (TPSA) is 89.7 Å². The van der Waals surface area contributed by atoms with Crippen LogP contribution >= 0.6 is 22.9 Å². The Bertz CT molecular complexity index is 1620. The molecule has 5 heterocycles. The number of halogens is 3. The van der Waals surface area contributed by atoms with Crippen molar-refractivity contribution < 1.29 is 28.2 Å². The Labute approximate surface area is 237 Å². The summed E-state index contributed by atoms with van der Waals surface area (Å²) in [5.41, 5.74) is 2.52. The monoisotopic (exact) mass is 586 g/mol. The first kappa shape index (κ1) is 26.8. The molecule has 8 nitrogen and oxygen atoms in total. The van der Waals surface area contributed by atoms with E-state index in [1.807, 2.05) is 0 Å². The third-order valence-electron chi connectivity index (χ3n) is 7.07. The Morgan fingerprint density at radius 1 is 1.20 bits per heavy atom. The number of rotatable bonds is 9. The summed E-state index contributed by atoms with van der Waals surface area (Å²) >= 11 is 7.03.